The van der Waals surface area contributed by atoms with Crippen molar-refractivity contribution in [2.75, 3.05) is 0 Å². The third-order valence-electron chi connectivity index (χ3n) is 2.68. The van der Waals surface area contributed by atoms with Crippen LogP contribution in [-0.4, -0.2) is 22.5 Å². The van der Waals surface area contributed by atoms with Gasteiger partial charge in [-0.05, 0) is 13.0 Å². The minimum atomic E-state index is -3.82. The fraction of sp³-hybridized carbons (Fsp3) is 0.273. The van der Waals surface area contributed by atoms with Crippen LogP contribution in [-0.2, 0) is 22.1 Å². The summed E-state index contributed by atoms with van der Waals surface area (Å²) in [7, 11) is 1.40. The Morgan fingerprint density at radius 1 is 1.26 bits per heavy atom. The standard InChI is InChI=1S/C11H12ClN3O3S/c1-9-13-10(19(12,17)18)8-15(9)7-6-14-5-3-2-4-11(14)16/h2-5,8H,6-7H2,1H3. The van der Waals surface area contributed by atoms with Crippen LogP contribution in [0.4, 0.5) is 0 Å². The van der Waals surface area contributed by atoms with E-state index in [4.69, 9.17) is 10.7 Å². The van der Waals surface area contributed by atoms with E-state index in [0.717, 1.165) is 0 Å². The Hall–Kier alpha value is -1.60. The molecule has 0 N–H and O–H groups in total. The predicted octanol–water partition coefficient (Wildman–Crippen LogP) is 0.981. The third kappa shape index (κ3) is 3.24. The Morgan fingerprint density at radius 3 is 2.53 bits per heavy atom. The lowest BCUT2D eigenvalue weighted by Crippen LogP contribution is -2.20. The highest BCUT2D eigenvalue weighted by Crippen LogP contribution is 2.13. The van der Waals surface area contributed by atoms with Gasteiger partial charge in [-0.25, -0.2) is 13.4 Å². The van der Waals surface area contributed by atoms with Crippen molar-refractivity contribution in [3.05, 3.63) is 46.8 Å². The van der Waals surface area contributed by atoms with E-state index in [1.807, 2.05) is 0 Å². The molecule has 2 rings (SSSR count). The summed E-state index contributed by atoms with van der Waals surface area (Å²) in [6.45, 7) is 2.55. The zero-order valence-electron chi connectivity index (χ0n) is 10.2. The van der Waals surface area contributed by atoms with Crippen LogP contribution in [0.3, 0.4) is 0 Å². The molecule has 0 fully saturated rings. The molecule has 0 aliphatic carbocycles. The maximum Gasteiger partial charge on any atom is 0.280 e. The van der Waals surface area contributed by atoms with E-state index < -0.39 is 9.05 Å². The van der Waals surface area contributed by atoms with Gasteiger partial charge in [-0.3, -0.25) is 4.79 Å². The van der Waals surface area contributed by atoms with Gasteiger partial charge in [0.05, 0.1) is 0 Å². The maximum absolute atomic E-state index is 11.5. The predicted molar refractivity (Wildman–Crippen MR) is 70.7 cm³/mol. The Labute approximate surface area is 114 Å². The van der Waals surface area contributed by atoms with Gasteiger partial charge >= 0.3 is 0 Å². The molecule has 0 unspecified atom stereocenters. The van der Waals surface area contributed by atoms with Crippen LogP contribution in [0, 0.1) is 6.92 Å². The van der Waals surface area contributed by atoms with Crippen molar-refractivity contribution < 1.29 is 8.42 Å². The fourth-order valence-corrected chi connectivity index (χ4v) is 2.40. The first-order valence-electron chi connectivity index (χ1n) is 5.52. The molecule has 0 bridgehead atoms. The number of aromatic nitrogens is 3. The maximum atomic E-state index is 11.5. The summed E-state index contributed by atoms with van der Waals surface area (Å²) >= 11 is 0. The van der Waals surface area contributed by atoms with Crippen LogP contribution in [0.15, 0.2) is 40.4 Å². The first kappa shape index (κ1) is 13.8. The second-order valence-electron chi connectivity index (χ2n) is 3.99. The van der Waals surface area contributed by atoms with Crippen LogP contribution >= 0.6 is 10.7 Å². The molecular weight excluding hydrogens is 290 g/mol. The van der Waals surface area contributed by atoms with Crippen LogP contribution in [0.2, 0.25) is 0 Å². The second kappa shape index (κ2) is 5.18. The lowest BCUT2D eigenvalue weighted by Gasteiger charge is -2.06. The molecule has 102 valence electrons. The van der Waals surface area contributed by atoms with Crippen molar-refractivity contribution in [2.45, 2.75) is 25.0 Å². The highest BCUT2D eigenvalue weighted by molar-refractivity contribution is 8.13. The number of hydrogen-bond acceptors (Lipinski definition) is 4. The number of pyridine rings is 1. The minimum Gasteiger partial charge on any atom is -0.332 e. The molecule has 0 saturated heterocycles. The van der Waals surface area contributed by atoms with Gasteiger partial charge in [0.25, 0.3) is 14.6 Å². The quantitative estimate of drug-likeness (QED) is 0.789. The largest absolute Gasteiger partial charge is 0.332 e. The van der Waals surface area contributed by atoms with E-state index in [1.165, 1.54) is 16.8 Å². The van der Waals surface area contributed by atoms with E-state index in [1.54, 1.807) is 29.8 Å². The Balaban J connectivity index is 2.19. The van der Waals surface area contributed by atoms with Gasteiger partial charge in [0.15, 0.2) is 5.03 Å². The molecular formula is C11H12ClN3O3S. The van der Waals surface area contributed by atoms with Crippen LogP contribution in [0.1, 0.15) is 5.82 Å². The highest BCUT2D eigenvalue weighted by atomic mass is 35.7. The Bertz CT molecular complexity index is 749. The second-order valence-corrected chi connectivity index (χ2v) is 6.50. The summed E-state index contributed by atoms with van der Waals surface area (Å²) in [6, 6.07) is 4.89. The summed E-state index contributed by atoms with van der Waals surface area (Å²) in [6.07, 6.45) is 3.04. The van der Waals surface area contributed by atoms with E-state index in [0.29, 0.717) is 18.9 Å². The van der Waals surface area contributed by atoms with Gasteiger partial charge in [-0.1, -0.05) is 6.07 Å². The number of hydrogen-bond donors (Lipinski definition) is 0. The highest BCUT2D eigenvalue weighted by Gasteiger charge is 2.15. The van der Waals surface area contributed by atoms with Crippen molar-refractivity contribution in [3.63, 3.8) is 0 Å². The topological polar surface area (TPSA) is 74.0 Å². The van der Waals surface area contributed by atoms with Gasteiger partial charge in [0, 0.05) is 42.2 Å². The van der Waals surface area contributed by atoms with Gasteiger partial charge < -0.3 is 9.13 Å². The van der Waals surface area contributed by atoms with Crippen molar-refractivity contribution in [3.8, 4) is 0 Å². The van der Waals surface area contributed by atoms with Gasteiger partial charge in [0.2, 0.25) is 0 Å². The molecule has 0 aliphatic rings. The first-order chi connectivity index (χ1) is 8.88. The molecule has 0 aliphatic heterocycles. The third-order valence-corrected chi connectivity index (χ3v) is 3.86. The molecule has 19 heavy (non-hydrogen) atoms. The number of halogens is 1. The number of rotatable bonds is 4. The average molecular weight is 302 g/mol. The molecule has 6 nitrogen and oxygen atoms in total. The Kier molecular flexibility index (Phi) is 3.77. The molecule has 2 aromatic rings. The molecule has 0 amide bonds. The molecule has 0 saturated carbocycles. The van der Waals surface area contributed by atoms with E-state index in [-0.39, 0.29) is 10.6 Å². The fourth-order valence-electron chi connectivity index (χ4n) is 1.68. The normalized spacial score (nSPS) is 11.7. The zero-order chi connectivity index (χ0) is 14.0. The number of imidazole rings is 1. The average Bonchev–Trinajstić information content (AvgIpc) is 2.70. The SMILES string of the molecule is Cc1nc(S(=O)(=O)Cl)cn1CCn1ccccc1=O. The Morgan fingerprint density at radius 2 is 1.95 bits per heavy atom. The summed E-state index contributed by atoms with van der Waals surface area (Å²) in [5.74, 6) is 0.531. The summed E-state index contributed by atoms with van der Waals surface area (Å²) in [4.78, 5) is 15.4. The number of nitrogens with zero attached hydrogens (tertiary/aromatic N) is 3. The van der Waals surface area contributed by atoms with Crippen LogP contribution in [0.5, 0.6) is 0 Å². The molecule has 0 atom stereocenters. The summed E-state index contributed by atoms with van der Waals surface area (Å²) in [5, 5.41) is -0.174. The smallest absolute Gasteiger partial charge is 0.280 e. The van der Waals surface area contributed by atoms with Gasteiger partial charge in [-0.2, -0.15) is 0 Å². The van der Waals surface area contributed by atoms with Crippen LogP contribution < -0.4 is 5.56 Å². The van der Waals surface area contributed by atoms with Gasteiger partial charge in [0.1, 0.15) is 5.82 Å². The van der Waals surface area contributed by atoms with Crippen molar-refractivity contribution >= 4 is 19.7 Å². The van der Waals surface area contributed by atoms with Crippen LogP contribution in [0.25, 0.3) is 0 Å². The van der Waals surface area contributed by atoms with E-state index in [2.05, 4.69) is 4.98 Å². The van der Waals surface area contributed by atoms with E-state index >= 15 is 0 Å². The molecule has 0 spiro atoms. The first-order valence-corrected chi connectivity index (χ1v) is 7.83. The minimum absolute atomic E-state index is 0.106. The van der Waals surface area contributed by atoms with Gasteiger partial charge in [-0.15, -0.1) is 0 Å². The van der Waals surface area contributed by atoms with Crippen molar-refractivity contribution in [1.82, 2.24) is 14.1 Å². The van der Waals surface area contributed by atoms with E-state index in [9.17, 15) is 13.2 Å². The van der Waals surface area contributed by atoms with Crippen molar-refractivity contribution in [1.29, 1.82) is 0 Å². The summed E-state index contributed by atoms with van der Waals surface area (Å²) < 4.78 is 25.5. The lowest BCUT2D eigenvalue weighted by molar-refractivity contribution is 0.555. The molecule has 0 aromatic carbocycles. The zero-order valence-corrected chi connectivity index (χ0v) is 11.7. The summed E-state index contributed by atoms with van der Waals surface area (Å²) in [5.41, 5.74) is -0.106. The molecule has 2 heterocycles. The molecule has 0 radical (unpaired) electrons. The van der Waals surface area contributed by atoms with Crippen molar-refractivity contribution in [2.24, 2.45) is 0 Å². The monoisotopic (exact) mass is 301 g/mol. The molecule has 2 aromatic heterocycles. The molecule has 8 heteroatoms. The lowest BCUT2D eigenvalue weighted by atomic mass is 10.4. The number of aryl methyl sites for hydroxylation is 3.